The van der Waals surface area contributed by atoms with Crippen molar-refractivity contribution in [1.29, 1.82) is 0 Å². The average molecular weight is 327 g/mol. The Labute approximate surface area is 137 Å². The summed E-state index contributed by atoms with van der Waals surface area (Å²) in [7, 11) is 3.66. The van der Waals surface area contributed by atoms with Gasteiger partial charge in [-0.2, -0.15) is 10.2 Å². The fourth-order valence-corrected chi connectivity index (χ4v) is 2.66. The molecular weight excluding hydrogens is 310 g/mol. The molecule has 0 spiro atoms. The highest BCUT2D eigenvalue weighted by Crippen LogP contribution is 2.21. The summed E-state index contributed by atoms with van der Waals surface area (Å²) in [6.45, 7) is 1.42. The first-order valence-corrected chi connectivity index (χ1v) is 7.65. The highest BCUT2D eigenvalue weighted by Gasteiger charge is 2.19. The molecule has 1 aliphatic rings. The van der Waals surface area contributed by atoms with Crippen molar-refractivity contribution < 1.29 is 9.53 Å². The van der Waals surface area contributed by atoms with Crippen LogP contribution in [0.3, 0.4) is 0 Å². The molecule has 0 bridgehead atoms. The molecule has 1 N–H and O–H groups in total. The number of fused-ring (bicyclic) bond motifs is 1. The minimum Gasteiger partial charge on any atom is -0.478 e. The smallest absolute Gasteiger partial charge is 0.277 e. The molecule has 0 aromatic carbocycles. The van der Waals surface area contributed by atoms with Crippen LogP contribution in [-0.4, -0.2) is 41.6 Å². The van der Waals surface area contributed by atoms with Gasteiger partial charge in [0.15, 0.2) is 11.5 Å². The second-order valence-corrected chi connectivity index (χ2v) is 5.65. The maximum absolute atomic E-state index is 12.4. The first-order valence-electron chi connectivity index (χ1n) is 7.65. The van der Waals surface area contributed by atoms with E-state index in [1.54, 1.807) is 34.7 Å². The highest BCUT2D eigenvalue weighted by atomic mass is 16.5. The number of nitrogens with one attached hydrogen (secondary N) is 1. The lowest BCUT2D eigenvalue weighted by Crippen LogP contribution is -2.17. The zero-order valence-corrected chi connectivity index (χ0v) is 13.4. The predicted octanol–water partition coefficient (Wildman–Crippen LogP) is 1.05. The molecule has 24 heavy (non-hydrogen) atoms. The molecule has 1 aliphatic heterocycles. The van der Waals surface area contributed by atoms with Crippen molar-refractivity contribution in [2.45, 2.75) is 13.0 Å². The van der Waals surface area contributed by atoms with Gasteiger partial charge in [0.1, 0.15) is 11.5 Å². The fourth-order valence-electron chi connectivity index (χ4n) is 2.66. The summed E-state index contributed by atoms with van der Waals surface area (Å²) in [5.41, 5.74) is 1.01. The lowest BCUT2D eigenvalue weighted by molar-refractivity contribution is 0.102. The molecule has 0 aliphatic carbocycles. The first-order chi connectivity index (χ1) is 11.6. The predicted molar refractivity (Wildman–Crippen MR) is 85.7 cm³/mol. The van der Waals surface area contributed by atoms with Gasteiger partial charge in [0.25, 0.3) is 5.91 Å². The number of nitrogens with zero attached hydrogens (tertiary/aromatic N) is 6. The molecule has 0 radical (unpaired) electrons. The van der Waals surface area contributed by atoms with Crippen LogP contribution in [-0.2, 0) is 20.6 Å². The van der Waals surface area contributed by atoms with Crippen LogP contribution in [0, 0.1) is 0 Å². The van der Waals surface area contributed by atoms with Gasteiger partial charge in [-0.1, -0.05) is 0 Å². The van der Waals surface area contributed by atoms with E-state index in [2.05, 4.69) is 20.5 Å². The second-order valence-electron chi connectivity index (χ2n) is 5.65. The van der Waals surface area contributed by atoms with Crippen molar-refractivity contribution in [3.63, 3.8) is 0 Å². The summed E-state index contributed by atoms with van der Waals surface area (Å²) < 4.78 is 10.7. The van der Waals surface area contributed by atoms with Gasteiger partial charge in [-0.05, 0) is 0 Å². The number of ether oxygens (including phenoxy) is 1. The van der Waals surface area contributed by atoms with Crippen LogP contribution in [0.25, 0.3) is 11.5 Å². The topological polar surface area (TPSA) is 91.8 Å². The molecule has 9 heteroatoms. The van der Waals surface area contributed by atoms with Crippen LogP contribution >= 0.6 is 0 Å². The number of hydrogen-bond acceptors (Lipinski definition) is 5. The summed E-state index contributed by atoms with van der Waals surface area (Å²) in [5, 5.41) is 11.5. The van der Waals surface area contributed by atoms with E-state index < -0.39 is 0 Å². The average Bonchev–Trinajstić information content (AvgIpc) is 3.26. The van der Waals surface area contributed by atoms with E-state index in [0.29, 0.717) is 29.7 Å². The van der Waals surface area contributed by atoms with E-state index in [4.69, 9.17) is 4.74 Å². The van der Waals surface area contributed by atoms with E-state index in [0.717, 1.165) is 18.8 Å². The summed E-state index contributed by atoms with van der Waals surface area (Å²) >= 11 is 0. The molecule has 4 rings (SSSR count). The van der Waals surface area contributed by atoms with Crippen LogP contribution in [0.4, 0.5) is 5.82 Å². The molecule has 0 saturated heterocycles. The van der Waals surface area contributed by atoms with E-state index in [9.17, 15) is 4.79 Å². The molecule has 124 valence electrons. The minimum atomic E-state index is -0.296. The third-order valence-corrected chi connectivity index (χ3v) is 3.91. The first kappa shape index (κ1) is 14.5. The number of hydrogen-bond donors (Lipinski definition) is 1. The highest BCUT2D eigenvalue weighted by molar-refractivity contribution is 6.02. The Morgan fingerprint density at radius 1 is 1.29 bits per heavy atom. The molecule has 0 unspecified atom stereocenters. The van der Waals surface area contributed by atoms with Gasteiger partial charge in [-0.3, -0.25) is 9.48 Å². The molecule has 1 amide bonds. The number of rotatable bonds is 3. The molecule has 0 atom stereocenters. The van der Waals surface area contributed by atoms with E-state index in [1.807, 2.05) is 17.8 Å². The molecule has 0 saturated carbocycles. The van der Waals surface area contributed by atoms with Crippen LogP contribution < -0.4 is 10.1 Å². The fraction of sp³-hybridized carbons (Fsp3) is 0.333. The molecule has 3 aromatic rings. The van der Waals surface area contributed by atoms with E-state index >= 15 is 0 Å². The Morgan fingerprint density at radius 3 is 2.92 bits per heavy atom. The summed E-state index contributed by atoms with van der Waals surface area (Å²) in [5.74, 6) is 1.64. The molecular formula is C15H17N7O2. The minimum absolute atomic E-state index is 0.296. The van der Waals surface area contributed by atoms with Crippen molar-refractivity contribution in [2.24, 2.45) is 14.1 Å². The van der Waals surface area contributed by atoms with Crippen molar-refractivity contribution in [1.82, 2.24) is 29.1 Å². The number of anilines is 1. The monoisotopic (exact) mass is 327 g/mol. The molecule has 0 fully saturated rings. The number of imidazole rings is 1. The van der Waals surface area contributed by atoms with Gasteiger partial charge in [-0.25, -0.2) is 9.67 Å². The third-order valence-electron chi connectivity index (χ3n) is 3.91. The van der Waals surface area contributed by atoms with Gasteiger partial charge < -0.3 is 14.6 Å². The number of aryl methyl sites for hydroxylation is 3. The van der Waals surface area contributed by atoms with Gasteiger partial charge in [0, 0.05) is 51.6 Å². The van der Waals surface area contributed by atoms with Crippen LogP contribution in [0.5, 0.6) is 5.88 Å². The Kier molecular flexibility index (Phi) is 3.33. The van der Waals surface area contributed by atoms with Gasteiger partial charge in [-0.15, -0.1) is 0 Å². The van der Waals surface area contributed by atoms with Crippen LogP contribution in [0.1, 0.15) is 16.9 Å². The number of amides is 1. The van der Waals surface area contributed by atoms with Crippen LogP contribution in [0.2, 0.25) is 0 Å². The van der Waals surface area contributed by atoms with Crippen molar-refractivity contribution in [3.05, 3.63) is 30.2 Å². The Morgan fingerprint density at radius 2 is 2.17 bits per heavy atom. The second kappa shape index (κ2) is 5.52. The summed E-state index contributed by atoms with van der Waals surface area (Å²) in [4.78, 5) is 16.7. The number of aromatic nitrogens is 6. The van der Waals surface area contributed by atoms with Crippen molar-refractivity contribution in [2.75, 3.05) is 11.9 Å². The standard InChI is InChI=1S/C15H17N7O2/c1-20-6-4-16-14(20)10-8-12(21(2)18-10)17-15(23)11-9-13-22(19-11)5-3-7-24-13/h4,6,8-9H,3,5,7H2,1-2H3,(H,17,23). The molecule has 9 nitrogen and oxygen atoms in total. The van der Waals surface area contributed by atoms with Crippen molar-refractivity contribution >= 4 is 11.7 Å². The number of carbonyl (C=O) groups is 1. The summed E-state index contributed by atoms with van der Waals surface area (Å²) in [6.07, 6.45) is 4.44. The van der Waals surface area contributed by atoms with E-state index in [-0.39, 0.29) is 5.91 Å². The Hall–Kier alpha value is -3.10. The maximum atomic E-state index is 12.4. The zero-order chi connectivity index (χ0) is 16.7. The van der Waals surface area contributed by atoms with E-state index in [1.165, 1.54) is 0 Å². The normalized spacial score (nSPS) is 13.4. The Balaban J connectivity index is 1.57. The van der Waals surface area contributed by atoms with Gasteiger partial charge >= 0.3 is 0 Å². The quantitative estimate of drug-likeness (QED) is 0.776. The maximum Gasteiger partial charge on any atom is 0.277 e. The van der Waals surface area contributed by atoms with Crippen molar-refractivity contribution in [3.8, 4) is 17.4 Å². The van der Waals surface area contributed by atoms with Crippen LogP contribution in [0.15, 0.2) is 24.5 Å². The molecule has 3 aromatic heterocycles. The largest absolute Gasteiger partial charge is 0.478 e. The lowest BCUT2D eigenvalue weighted by Gasteiger charge is -2.13. The Bertz CT molecular complexity index is 881. The SMILES string of the molecule is Cn1ccnc1-c1cc(NC(=O)c2cc3n(n2)CCCO3)n(C)n1. The number of carbonyl (C=O) groups excluding carboxylic acids is 1. The van der Waals surface area contributed by atoms with Gasteiger partial charge in [0.05, 0.1) is 6.61 Å². The summed E-state index contributed by atoms with van der Waals surface area (Å²) in [6, 6.07) is 3.44. The lowest BCUT2D eigenvalue weighted by atomic mass is 10.3. The third kappa shape index (κ3) is 2.43. The zero-order valence-electron chi connectivity index (χ0n) is 13.4. The molecule has 4 heterocycles. The van der Waals surface area contributed by atoms with Gasteiger partial charge in [0.2, 0.25) is 5.88 Å².